The molecule has 0 aromatic heterocycles. The van der Waals surface area contributed by atoms with Gasteiger partial charge in [-0.15, -0.1) is 0 Å². The molecule has 0 radical (unpaired) electrons. The van der Waals surface area contributed by atoms with Crippen molar-refractivity contribution in [1.82, 2.24) is 0 Å². The third-order valence-electron chi connectivity index (χ3n) is 0. The van der Waals surface area contributed by atoms with Gasteiger partial charge in [0.15, 0.2) is 0 Å². The van der Waals surface area contributed by atoms with E-state index in [1.807, 2.05) is 0 Å². The number of hydrogen-bond donors (Lipinski definition) is 2. The fourth-order valence-electron chi connectivity index (χ4n) is 0. The van der Waals surface area contributed by atoms with Gasteiger partial charge in [-0.3, -0.25) is 4.55 Å². The predicted molar refractivity (Wildman–Crippen MR) is 39.8 cm³/mol. The van der Waals surface area contributed by atoms with Crippen LogP contribution in [0.25, 0.3) is 0 Å². The fourth-order valence-corrected chi connectivity index (χ4v) is 0. The first-order valence-corrected chi connectivity index (χ1v) is 3.19. The third-order valence-corrected chi connectivity index (χ3v) is 0. The first kappa shape index (κ1) is 22.5. The molecule has 8 heavy (non-hydrogen) atoms. The van der Waals surface area contributed by atoms with Crippen LogP contribution in [-0.4, -0.2) is 108 Å². The van der Waals surface area contributed by atoms with E-state index >= 15 is 0 Å². The van der Waals surface area contributed by atoms with Crippen molar-refractivity contribution in [3.05, 3.63) is 0 Å². The third kappa shape index (κ3) is 61.8. The van der Waals surface area contributed by atoms with Crippen molar-refractivity contribution < 1.29 is 18.4 Å². The zero-order chi connectivity index (χ0) is 4.50. The Morgan fingerprint density at radius 3 is 1.38 bits per heavy atom. The molecule has 3 N–H and O–H groups in total. The normalized spacial score (nSPS) is 7.25. The van der Waals surface area contributed by atoms with E-state index in [4.69, 9.17) is 13.0 Å². The topological polar surface area (TPSA) is 85.9 Å². The molecule has 0 rings (SSSR count). The van der Waals surface area contributed by atoms with Crippen LogP contribution in [0.5, 0.6) is 0 Å². The van der Waals surface area contributed by atoms with Crippen LogP contribution in [0.1, 0.15) is 0 Å². The second-order valence-electron chi connectivity index (χ2n) is 0.448. The minimum absolute atomic E-state index is 0. The van der Waals surface area contributed by atoms with Crippen molar-refractivity contribution in [2.24, 2.45) is 0 Å². The van der Waals surface area contributed by atoms with Crippen LogP contribution in [0.2, 0.25) is 0 Å². The zero-order valence-corrected chi connectivity index (χ0v) is 4.33. The summed E-state index contributed by atoms with van der Waals surface area (Å²) in [6, 6.07) is 0. The fraction of sp³-hybridized carbons (Fsp3) is 0. The molecule has 0 aromatic rings. The van der Waals surface area contributed by atoms with Gasteiger partial charge in [-0.25, -0.2) is 0 Å². The monoisotopic (exact) mass is 214 g/mol. The number of thiol groups is 1. The van der Waals surface area contributed by atoms with Crippen molar-refractivity contribution in [3.8, 4) is 0 Å². The Morgan fingerprint density at radius 2 is 1.38 bits per heavy atom. The summed E-state index contributed by atoms with van der Waals surface area (Å²) < 4.78 is 25.5. The molecule has 0 saturated heterocycles. The molecule has 46 valence electrons. The van der Waals surface area contributed by atoms with E-state index in [0.29, 0.717) is 0 Å². The average molecular weight is 214 g/mol. The molecule has 0 spiro atoms. The van der Waals surface area contributed by atoms with Gasteiger partial charge in [-0.2, -0.15) is 8.42 Å². The van der Waals surface area contributed by atoms with E-state index in [9.17, 15) is 0 Å². The first-order valence-electron chi connectivity index (χ1n) is 0.698. The molecule has 0 unspecified atom stereocenters. The Balaban J connectivity index is -0.0000000267. The average Bonchev–Trinajstić information content (AvgIpc) is 0.722. The summed E-state index contributed by atoms with van der Waals surface area (Å²) in [5.41, 5.74) is 0. The summed E-state index contributed by atoms with van der Waals surface area (Å²) in [4.78, 5) is 0. The standard InChI is InChI=1S/Ca.K.H2O3S2.H2O.3H/c;;1-5(2,3)4;;;;/h;;(H2,1,2,3,4);1H2;;;. The molecule has 0 atom stereocenters. The summed E-state index contributed by atoms with van der Waals surface area (Å²) in [5, 5.41) is 0. The van der Waals surface area contributed by atoms with Crippen LogP contribution in [0.4, 0.5) is 0 Å². The van der Waals surface area contributed by atoms with E-state index < -0.39 is 9.15 Å². The molecule has 0 heterocycles. The van der Waals surface area contributed by atoms with Crippen molar-refractivity contribution in [2.45, 2.75) is 0 Å². The molecule has 0 amide bonds. The summed E-state index contributed by atoms with van der Waals surface area (Å²) in [6.07, 6.45) is 0. The number of rotatable bonds is 0. The quantitative estimate of drug-likeness (QED) is 0.200. The van der Waals surface area contributed by atoms with Crippen molar-refractivity contribution in [3.63, 3.8) is 0 Å². The SMILES string of the molecule is O.O=S(=O)(O)S.[CaH2].[KH]. The molecule has 0 saturated carbocycles. The van der Waals surface area contributed by atoms with Gasteiger partial charge in [0.1, 0.15) is 0 Å². The van der Waals surface area contributed by atoms with E-state index in [2.05, 4.69) is 11.7 Å². The molecule has 0 bridgehead atoms. The van der Waals surface area contributed by atoms with Gasteiger partial charge in [0.2, 0.25) is 0 Å². The van der Waals surface area contributed by atoms with E-state index in [1.54, 1.807) is 0 Å². The van der Waals surface area contributed by atoms with Gasteiger partial charge in [0, 0.05) is 0 Å². The second kappa shape index (κ2) is 10.1. The van der Waals surface area contributed by atoms with Crippen molar-refractivity contribution in [2.75, 3.05) is 0 Å². The van der Waals surface area contributed by atoms with Gasteiger partial charge >= 0.3 is 98.3 Å². The zero-order valence-electron chi connectivity index (χ0n) is 2.62. The Labute approximate surface area is 125 Å². The van der Waals surface area contributed by atoms with Crippen LogP contribution < -0.4 is 0 Å². The summed E-state index contributed by atoms with van der Waals surface area (Å²) in [5.74, 6) is 0. The van der Waals surface area contributed by atoms with Crippen LogP contribution in [0.15, 0.2) is 0 Å². The predicted octanol–water partition coefficient (Wildman–Crippen LogP) is -2.67. The summed E-state index contributed by atoms with van der Waals surface area (Å²) >= 11 is 2.65. The van der Waals surface area contributed by atoms with Crippen LogP contribution in [0.3, 0.4) is 0 Å². The Morgan fingerprint density at radius 1 is 1.38 bits per heavy atom. The second-order valence-corrected chi connectivity index (χ2v) is 2.73. The van der Waals surface area contributed by atoms with Gasteiger partial charge < -0.3 is 5.48 Å². The number of hydrogen-bond acceptors (Lipinski definition) is 2. The van der Waals surface area contributed by atoms with Gasteiger partial charge in [0.05, 0.1) is 0 Å². The molecule has 0 aliphatic heterocycles. The van der Waals surface area contributed by atoms with Crippen LogP contribution >= 0.6 is 11.7 Å². The van der Waals surface area contributed by atoms with Crippen LogP contribution in [-0.2, 0) is 9.15 Å². The van der Waals surface area contributed by atoms with E-state index in [0.717, 1.165) is 0 Å². The molecular formula is H7CaKO4S2. The Bertz CT molecular complexity index is 97.2. The first-order chi connectivity index (χ1) is 2.00. The van der Waals surface area contributed by atoms with E-state index in [1.165, 1.54) is 0 Å². The molecule has 0 aliphatic rings. The molecule has 0 aromatic carbocycles. The minimum atomic E-state index is -3.97. The molecule has 0 fully saturated rings. The maximum absolute atomic E-state index is 9.05. The van der Waals surface area contributed by atoms with Gasteiger partial charge in [0.25, 0.3) is 0 Å². The molecular weight excluding hydrogens is 207 g/mol. The summed E-state index contributed by atoms with van der Waals surface area (Å²) in [7, 11) is -3.97. The maximum atomic E-state index is 9.05. The molecule has 0 aliphatic carbocycles. The van der Waals surface area contributed by atoms with Gasteiger partial charge in [-0.1, -0.05) is 0 Å². The van der Waals surface area contributed by atoms with Crippen LogP contribution in [0, 0.1) is 0 Å². The molecule has 4 nitrogen and oxygen atoms in total. The van der Waals surface area contributed by atoms with Gasteiger partial charge in [-0.05, 0) is 11.7 Å². The van der Waals surface area contributed by atoms with Crippen molar-refractivity contribution >= 4 is 110 Å². The Kier molecular flexibility index (Phi) is 28.4. The molecule has 8 heteroatoms. The Hall–Kier alpha value is 3.12. The summed E-state index contributed by atoms with van der Waals surface area (Å²) in [6.45, 7) is 0. The van der Waals surface area contributed by atoms with Crippen molar-refractivity contribution in [1.29, 1.82) is 0 Å². The van der Waals surface area contributed by atoms with E-state index in [-0.39, 0.29) is 94.6 Å².